The summed E-state index contributed by atoms with van der Waals surface area (Å²) >= 11 is 0. The van der Waals surface area contributed by atoms with E-state index >= 15 is 0 Å². The summed E-state index contributed by atoms with van der Waals surface area (Å²) in [6.45, 7) is 18.4. The molecule has 2 aromatic carbocycles. The number of aryl methyl sites for hydroxylation is 1. The van der Waals surface area contributed by atoms with Crippen LogP contribution < -0.4 is 0 Å². The molecule has 1 saturated carbocycles. The average molecular weight is 465 g/mol. The number of hydrogen-bond acceptors (Lipinski definition) is 0. The molecular formula is C34H37F. The summed E-state index contributed by atoms with van der Waals surface area (Å²) in [4.78, 5) is 0. The van der Waals surface area contributed by atoms with Crippen molar-refractivity contribution >= 4 is 11.1 Å². The van der Waals surface area contributed by atoms with Crippen molar-refractivity contribution in [1.82, 2.24) is 0 Å². The van der Waals surface area contributed by atoms with Crippen molar-refractivity contribution in [3.05, 3.63) is 138 Å². The van der Waals surface area contributed by atoms with Crippen molar-refractivity contribution in [2.24, 2.45) is 11.8 Å². The van der Waals surface area contributed by atoms with Gasteiger partial charge in [0.2, 0.25) is 0 Å². The first-order chi connectivity index (χ1) is 16.8. The highest BCUT2D eigenvalue weighted by Gasteiger charge is 2.39. The molecule has 180 valence electrons. The molecule has 0 aromatic heterocycles. The van der Waals surface area contributed by atoms with Crippen LogP contribution in [0.4, 0.5) is 4.39 Å². The molecule has 0 aliphatic heterocycles. The minimum absolute atomic E-state index is 0.255. The Labute approximate surface area is 211 Å². The van der Waals surface area contributed by atoms with Crippen molar-refractivity contribution < 1.29 is 4.39 Å². The molecule has 0 saturated heterocycles. The van der Waals surface area contributed by atoms with E-state index in [1.165, 1.54) is 29.2 Å². The number of halogens is 1. The summed E-state index contributed by atoms with van der Waals surface area (Å²) in [6, 6.07) is 15.5. The van der Waals surface area contributed by atoms with Gasteiger partial charge in [-0.3, -0.25) is 0 Å². The first-order valence-corrected chi connectivity index (χ1v) is 12.5. The maximum atomic E-state index is 13.9. The molecular weight excluding hydrogens is 427 g/mol. The summed E-state index contributed by atoms with van der Waals surface area (Å²) in [6.07, 6.45) is 12.9. The van der Waals surface area contributed by atoms with Crippen LogP contribution in [0.5, 0.6) is 0 Å². The minimum Gasteiger partial charge on any atom is -0.207 e. The fourth-order valence-corrected chi connectivity index (χ4v) is 4.61. The molecule has 1 fully saturated rings. The predicted octanol–water partition coefficient (Wildman–Crippen LogP) is 9.83. The van der Waals surface area contributed by atoms with Gasteiger partial charge in [-0.2, -0.15) is 0 Å². The maximum absolute atomic E-state index is 13.9. The van der Waals surface area contributed by atoms with Crippen molar-refractivity contribution in [3.8, 4) is 0 Å². The van der Waals surface area contributed by atoms with E-state index in [2.05, 4.69) is 87.9 Å². The molecule has 1 heteroatoms. The molecule has 2 aromatic rings. The maximum Gasteiger partial charge on any atom is 0.123 e. The molecule has 0 heterocycles. The van der Waals surface area contributed by atoms with E-state index < -0.39 is 0 Å². The second kappa shape index (κ2) is 12.3. The quantitative estimate of drug-likeness (QED) is 0.229. The standard InChI is InChI=1S/C34H37F/c1-7-12-27(21-29(13-8-2)26(6)32-23-31(35)19-16-25(32)5)17-18-30-22-34(30)33(20-24(3)4)28-14-10-9-11-15-28/h9-11,13-17,19-21,23,30,34H,2-3,6-7,12,18,22H2,1,4-5H3/b27-17+,29-21-,33-20-. The molecule has 1 aliphatic carbocycles. The van der Waals surface area contributed by atoms with E-state index in [-0.39, 0.29) is 5.82 Å². The van der Waals surface area contributed by atoms with Crippen molar-refractivity contribution in [3.63, 3.8) is 0 Å². The third kappa shape index (κ3) is 7.28. The zero-order valence-electron chi connectivity index (χ0n) is 21.4. The Balaban J connectivity index is 1.83. The summed E-state index contributed by atoms with van der Waals surface area (Å²) in [5, 5.41) is 0. The molecule has 0 nitrogen and oxygen atoms in total. The van der Waals surface area contributed by atoms with Gasteiger partial charge in [0.25, 0.3) is 0 Å². The van der Waals surface area contributed by atoms with Gasteiger partial charge in [-0.1, -0.05) is 98.9 Å². The topological polar surface area (TPSA) is 0 Å². The lowest BCUT2D eigenvalue weighted by Gasteiger charge is -2.12. The van der Waals surface area contributed by atoms with Crippen LogP contribution in [0, 0.1) is 24.6 Å². The van der Waals surface area contributed by atoms with Gasteiger partial charge < -0.3 is 0 Å². The van der Waals surface area contributed by atoms with Crippen LogP contribution in [0.25, 0.3) is 11.1 Å². The average Bonchev–Trinajstić information content (AvgIpc) is 3.61. The molecule has 0 N–H and O–H groups in total. The molecule has 0 radical (unpaired) electrons. The minimum atomic E-state index is -0.255. The van der Waals surface area contributed by atoms with Crippen LogP contribution in [-0.2, 0) is 0 Å². The molecule has 2 atom stereocenters. The van der Waals surface area contributed by atoms with E-state index in [0.29, 0.717) is 11.8 Å². The van der Waals surface area contributed by atoms with E-state index in [0.717, 1.165) is 47.1 Å². The Bertz CT molecular complexity index is 1210. The van der Waals surface area contributed by atoms with Gasteiger partial charge in [-0.25, -0.2) is 4.39 Å². The van der Waals surface area contributed by atoms with E-state index in [4.69, 9.17) is 0 Å². The van der Waals surface area contributed by atoms with Crippen LogP contribution in [-0.4, -0.2) is 0 Å². The van der Waals surface area contributed by atoms with E-state index in [1.54, 1.807) is 12.1 Å². The molecule has 0 spiro atoms. The Morgan fingerprint density at radius 3 is 2.51 bits per heavy atom. The summed E-state index contributed by atoms with van der Waals surface area (Å²) < 4.78 is 13.9. The highest BCUT2D eigenvalue weighted by molar-refractivity contribution is 5.82. The Kier molecular flexibility index (Phi) is 9.24. The van der Waals surface area contributed by atoms with Gasteiger partial charge in [0, 0.05) is 0 Å². The number of hydrogen-bond donors (Lipinski definition) is 0. The highest BCUT2D eigenvalue weighted by Crippen LogP contribution is 2.50. The second-order valence-corrected chi connectivity index (χ2v) is 9.57. The second-order valence-electron chi connectivity index (χ2n) is 9.57. The van der Waals surface area contributed by atoms with Crippen LogP contribution in [0.15, 0.2) is 115 Å². The zero-order chi connectivity index (χ0) is 25.4. The SMILES string of the molecule is C=C=C/C(=C/C(=C/CC1CC1/C(=C\C(=C)C)c1ccccc1)CCC)C(=C)c1cc(F)ccc1C. The monoisotopic (exact) mass is 464 g/mol. The molecule has 35 heavy (non-hydrogen) atoms. The van der Waals surface area contributed by atoms with Crippen molar-refractivity contribution in [2.75, 3.05) is 0 Å². The Morgan fingerprint density at radius 2 is 1.86 bits per heavy atom. The zero-order valence-corrected chi connectivity index (χ0v) is 21.4. The Hall–Kier alpha value is -3.41. The smallest absolute Gasteiger partial charge is 0.123 e. The molecule has 3 rings (SSSR count). The van der Waals surface area contributed by atoms with Crippen molar-refractivity contribution in [1.29, 1.82) is 0 Å². The van der Waals surface area contributed by atoms with E-state index in [1.807, 2.05) is 13.0 Å². The summed E-state index contributed by atoms with van der Waals surface area (Å²) in [5.41, 5.74) is 11.5. The van der Waals surface area contributed by atoms with Crippen LogP contribution in [0.2, 0.25) is 0 Å². The largest absolute Gasteiger partial charge is 0.207 e. The van der Waals surface area contributed by atoms with Gasteiger partial charge in [0.1, 0.15) is 5.82 Å². The summed E-state index contributed by atoms with van der Waals surface area (Å²) in [7, 11) is 0. The third-order valence-electron chi connectivity index (χ3n) is 6.52. The number of rotatable bonds is 11. The van der Waals surface area contributed by atoms with Gasteiger partial charge >= 0.3 is 0 Å². The van der Waals surface area contributed by atoms with Gasteiger partial charge in [-0.15, -0.1) is 5.73 Å². The molecule has 1 aliphatic rings. The lowest BCUT2D eigenvalue weighted by atomic mass is 9.93. The van der Waals surface area contributed by atoms with E-state index in [9.17, 15) is 4.39 Å². The fraction of sp³-hybridized carbons (Fsp3) is 0.265. The molecule has 2 unspecified atom stereocenters. The summed E-state index contributed by atoms with van der Waals surface area (Å²) in [5.74, 6) is 0.942. The number of allylic oxidation sites excluding steroid dienone is 9. The molecule has 0 bridgehead atoms. The van der Waals surface area contributed by atoms with Gasteiger partial charge in [0.05, 0.1) is 0 Å². The van der Waals surface area contributed by atoms with Gasteiger partial charge in [0.15, 0.2) is 0 Å². The number of benzene rings is 2. The van der Waals surface area contributed by atoms with Crippen LogP contribution in [0.1, 0.15) is 56.2 Å². The van der Waals surface area contributed by atoms with Crippen LogP contribution >= 0.6 is 0 Å². The van der Waals surface area contributed by atoms with Gasteiger partial charge in [-0.05, 0) is 96.6 Å². The van der Waals surface area contributed by atoms with Crippen molar-refractivity contribution in [2.45, 2.75) is 46.5 Å². The first-order valence-electron chi connectivity index (χ1n) is 12.5. The normalized spacial score (nSPS) is 18.1. The molecule has 0 amide bonds. The Morgan fingerprint density at radius 1 is 1.11 bits per heavy atom. The van der Waals surface area contributed by atoms with Crippen LogP contribution in [0.3, 0.4) is 0 Å². The highest BCUT2D eigenvalue weighted by atomic mass is 19.1. The lowest BCUT2D eigenvalue weighted by molar-refractivity contribution is 0.627. The predicted molar refractivity (Wildman–Crippen MR) is 150 cm³/mol. The first kappa shape index (κ1) is 26.2. The fourth-order valence-electron chi connectivity index (χ4n) is 4.61. The lowest BCUT2D eigenvalue weighted by Crippen LogP contribution is -1.94. The third-order valence-corrected chi connectivity index (χ3v) is 6.52.